The maximum Gasteiger partial charge on any atom is 0.108 e. The van der Waals surface area contributed by atoms with E-state index in [1.165, 1.54) is 11.1 Å². The molecule has 0 fully saturated rings. The second-order valence-corrected chi connectivity index (χ2v) is 3.78. The van der Waals surface area contributed by atoms with Crippen molar-refractivity contribution in [1.29, 1.82) is 0 Å². The van der Waals surface area contributed by atoms with Gasteiger partial charge in [-0.15, -0.1) is 0 Å². The van der Waals surface area contributed by atoms with Gasteiger partial charge in [0, 0.05) is 6.20 Å². The maximum absolute atomic E-state index is 4.22. The van der Waals surface area contributed by atoms with Gasteiger partial charge in [0.15, 0.2) is 0 Å². The minimum absolute atomic E-state index is 0.564. The van der Waals surface area contributed by atoms with E-state index in [1.54, 1.807) is 0 Å². The summed E-state index contributed by atoms with van der Waals surface area (Å²) in [4.78, 5) is 4.22. The molecule has 0 saturated carbocycles. The van der Waals surface area contributed by atoms with Crippen molar-refractivity contribution in [2.75, 3.05) is 0 Å². The van der Waals surface area contributed by atoms with Crippen LogP contribution in [0.4, 0.5) is 0 Å². The van der Waals surface area contributed by atoms with Gasteiger partial charge in [0.2, 0.25) is 0 Å². The normalized spacial score (nSPS) is 10.6. The van der Waals surface area contributed by atoms with Crippen LogP contribution in [-0.2, 0) is 0 Å². The van der Waals surface area contributed by atoms with Gasteiger partial charge in [-0.1, -0.05) is 19.9 Å². The van der Waals surface area contributed by atoms with Crippen LogP contribution in [0.3, 0.4) is 0 Å². The quantitative estimate of drug-likeness (QED) is 0.653. The van der Waals surface area contributed by atoms with Gasteiger partial charge >= 0.3 is 0 Å². The number of hydrogen-bond acceptors (Lipinski definition) is 1. The molecule has 1 nitrogen and oxygen atoms in total. The summed E-state index contributed by atoms with van der Waals surface area (Å²) in [6.45, 7) is 6.40. The van der Waals surface area contributed by atoms with Crippen molar-refractivity contribution in [1.82, 2.24) is 4.98 Å². The Bertz CT molecular complexity index is 256. The monoisotopic (exact) mass is 213 g/mol. The minimum atomic E-state index is 0.564. The Morgan fingerprint density at radius 1 is 1.45 bits per heavy atom. The first-order chi connectivity index (χ1) is 5.11. The van der Waals surface area contributed by atoms with Crippen LogP contribution in [0.15, 0.2) is 16.9 Å². The van der Waals surface area contributed by atoms with Crippen molar-refractivity contribution >= 4 is 15.9 Å². The molecular weight excluding hydrogens is 202 g/mol. The van der Waals surface area contributed by atoms with E-state index in [0.717, 1.165) is 4.60 Å². The number of nitrogens with zero attached hydrogens (tertiary/aromatic N) is 1. The smallest absolute Gasteiger partial charge is 0.108 e. The molecule has 0 bridgehead atoms. The fourth-order valence-electron chi connectivity index (χ4n) is 0.896. The molecule has 0 aromatic carbocycles. The lowest BCUT2D eigenvalue weighted by Crippen LogP contribution is -1.90. The first-order valence-electron chi connectivity index (χ1n) is 3.73. The summed E-state index contributed by atoms with van der Waals surface area (Å²) in [6.07, 6.45) is 1.92. The topological polar surface area (TPSA) is 12.9 Å². The van der Waals surface area contributed by atoms with Crippen LogP contribution in [0, 0.1) is 6.92 Å². The summed E-state index contributed by atoms with van der Waals surface area (Å²) < 4.78 is 0.946. The van der Waals surface area contributed by atoms with E-state index in [9.17, 15) is 0 Å². The van der Waals surface area contributed by atoms with E-state index in [0.29, 0.717) is 5.92 Å². The molecule has 1 rings (SSSR count). The lowest BCUT2D eigenvalue weighted by atomic mass is 10.0. The van der Waals surface area contributed by atoms with Gasteiger partial charge in [-0.25, -0.2) is 4.98 Å². The van der Waals surface area contributed by atoms with Crippen molar-refractivity contribution in [2.45, 2.75) is 26.7 Å². The second-order valence-electron chi connectivity index (χ2n) is 3.03. The Kier molecular flexibility index (Phi) is 2.66. The van der Waals surface area contributed by atoms with Crippen LogP contribution < -0.4 is 0 Å². The second kappa shape index (κ2) is 3.35. The Morgan fingerprint density at radius 3 is 2.55 bits per heavy atom. The van der Waals surface area contributed by atoms with E-state index in [1.807, 2.05) is 6.20 Å². The third-order valence-corrected chi connectivity index (χ3v) is 2.53. The zero-order valence-corrected chi connectivity index (χ0v) is 8.64. The van der Waals surface area contributed by atoms with Crippen LogP contribution in [0.2, 0.25) is 0 Å². The summed E-state index contributed by atoms with van der Waals surface area (Å²) in [5, 5.41) is 0. The lowest BCUT2D eigenvalue weighted by molar-refractivity contribution is 0.853. The van der Waals surface area contributed by atoms with Gasteiger partial charge < -0.3 is 0 Å². The molecule has 0 amide bonds. The highest BCUT2D eigenvalue weighted by atomic mass is 79.9. The highest BCUT2D eigenvalue weighted by molar-refractivity contribution is 9.10. The molecule has 0 radical (unpaired) electrons. The first-order valence-corrected chi connectivity index (χ1v) is 4.52. The van der Waals surface area contributed by atoms with E-state index >= 15 is 0 Å². The minimum Gasteiger partial charge on any atom is -0.249 e. The summed E-state index contributed by atoms with van der Waals surface area (Å²) >= 11 is 3.37. The number of halogens is 1. The van der Waals surface area contributed by atoms with Gasteiger partial charge in [-0.3, -0.25) is 0 Å². The Balaban J connectivity index is 3.05. The van der Waals surface area contributed by atoms with Crippen molar-refractivity contribution < 1.29 is 0 Å². The number of pyridine rings is 1. The molecule has 0 spiro atoms. The Hall–Kier alpha value is -0.370. The molecule has 0 saturated heterocycles. The summed E-state index contributed by atoms with van der Waals surface area (Å²) in [5.41, 5.74) is 2.50. The van der Waals surface area contributed by atoms with Gasteiger partial charge in [-0.05, 0) is 39.9 Å². The van der Waals surface area contributed by atoms with Crippen LogP contribution >= 0.6 is 15.9 Å². The number of rotatable bonds is 1. The van der Waals surface area contributed by atoms with E-state index in [4.69, 9.17) is 0 Å². The number of hydrogen-bond donors (Lipinski definition) is 0. The zero-order chi connectivity index (χ0) is 8.43. The van der Waals surface area contributed by atoms with Crippen molar-refractivity contribution in [3.05, 3.63) is 28.0 Å². The van der Waals surface area contributed by atoms with Gasteiger partial charge in [0.25, 0.3) is 0 Å². The van der Waals surface area contributed by atoms with E-state index in [-0.39, 0.29) is 0 Å². The molecule has 1 aromatic heterocycles. The number of aromatic nitrogens is 1. The summed E-state index contributed by atoms with van der Waals surface area (Å²) in [6, 6.07) is 2.17. The average molecular weight is 214 g/mol. The van der Waals surface area contributed by atoms with Crippen molar-refractivity contribution in [3.8, 4) is 0 Å². The molecule has 0 aliphatic rings. The van der Waals surface area contributed by atoms with Crippen molar-refractivity contribution in [3.63, 3.8) is 0 Å². The van der Waals surface area contributed by atoms with Gasteiger partial charge in [-0.2, -0.15) is 0 Å². The first kappa shape index (κ1) is 8.72. The maximum atomic E-state index is 4.22. The van der Waals surface area contributed by atoms with Crippen LogP contribution in [0.5, 0.6) is 0 Å². The molecule has 0 atom stereocenters. The third kappa shape index (κ3) is 2.03. The third-order valence-electron chi connectivity index (χ3n) is 1.70. The molecular formula is C9H12BrN. The predicted molar refractivity (Wildman–Crippen MR) is 50.8 cm³/mol. The predicted octanol–water partition coefficient (Wildman–Crippen LogP) is 3.28. The van der Waals surface area contributed by atoms with Gasteiger partial charge in [0.1, 0.15) is 4.60 Å². The fraction of sp³-hybridized carbons (Fsp3) is 0.444. The molecule has 0 aliphatic heterocycles. The molecule has 11 heavy (non-hydrogen) atoms. The van der Waals surface area contributed by atoms with Crippen LogP contribution in [0.1, 0.15) is 30.9 Å². The fourth-order valence-corrected chi connectivity index (χ4v) is 1.11. The largest absolute Gasteiger partial charge is 0.249 e. The Labute approximate surface area is 76.0 Å². The van der Waals surface area contributed by atoms with Gasteiger partial charge in [0.05, 0.1) is 0 Å². The number of aryl methyl sites for hydroxylation is 1. The molecule has 1 aromatic rings. The molecule has 0 N–H and O–H groups in total. The van der Waals surface area contributed by atoms with Crippen LogP contribution in [0.25, 0.3) is 0 Å². The van der Waals surface area contributed by atoms with E-state index in [2.05, 4.69) is 47.8 Å². The standard InChI is InChI=1S/C9H12BrN/c1-6(2)8-4-7(3)9(10)11-5-8/h4-6H,1-3H3. The average Bonchev–Trinajstić information content (AvgIpc) is 1.94. The Morgan fingerprint density at radius 2 is 2.09 bits per heavy atom. The highest BCUT2D eigenvalue weighted by Gasteiger charge is 2.01. The molecule has 0 aliphatic carbocycles. The lowest BCUT2D eigenvalue weighted by Gasteiger charge is -2.05. The summed E-state index contributed by atoms with van der Waals surface area (Å²) in [5.74, 6) is 0.564. The molecule has 0 unspecified atom stereocenters. The zero-order valence-electron chi connectivity index (χ0n) is 7.06. The summed E-state index contributed by atoms with van der Waals surface area (Å²) in [7, 11) is 0. The van der Waals surface area contributed by atoms with E-state index < -0.39 is 0 Å². The molecule has 2 heteroatoms. The highest BCUT2D eigenvalue weighted by Crippen LogP contribution is 2.18. The van der Waals surface area contributed by atoms with Crippen LogP contribution in [-0.4, -0.2) is 4.98 Å². The molecule has 1 heterocycles. The SMILES string of the molecule is Cc1cc(C(C)C)cnc1Br. The van der Waals surface area contributed by atoms with Crippen molar-refractivity contribution in [2.24, 2.45) is 0 Å². The molecule has 60 valence electrons.